The summed E-state index contributed by atoms with van der Waals surface area (Å²) in [7, 11) is 0. The molecule has 3 N–H and O–H groups in total. The molecule has 0 radical (unpaired) electrons. The van der Waals surface area contributed by atoms with Crippen LogP contribution in [0.4, 0.5) is 4.79 Å². The molecule has 0 aliphatic heterocycles. The van der Waals surface area contributed by atoms with Gasteiger partial charge in [0.15, 0.2) is 0 Å². The van der Waals surface area contributed by atoms with E-state index in [2.05, 4.69) is 10.6 Å². The van der Waals surface area contributed by atoms with Crippen molar-refractivity contribution in [2.24, 2.45) is 5.92 Å². The summed E-state index contributed by atoms with van der Waals surface area (Å²) in [6.45, 7) is 6.56. The van der Waals surface area contributed by atoms with E-state index in [0.717, 1.165) is 32.1 Å². The number of carboxylic acid groups (broad SMARTS) is 1. The molecular formula is C15H28N2O4. The molecule has 1 aliphatic rings. The van der Waals surface area contributed by atoms with Crippen molar-refractivity contribution >= 4 is 12.0 Å². The molecule has 0 aromatic heterocycles. The van der Waals surface area contributed by atoms with Crippen molar-refractivity contribution in [1.82, 2.24) is 10.6 Å². The topological polar surface area (TPSA) is 87.7 Å². The Labute approximate surface area is 126 Å². The molecule has 1 unspecified atom stereocenters. The second-order valence-corrected chi connectivity index (χ2v) is 6.23. The van der Waals surface area contributed by atoms with Crippen LogP contribution >= 0.6 is 0 Å². The zero-order chi connectivity index (χ0) is 15.9. The second-order valence-electron chi connectivity index (χ2n) is 6.23. The number of rotatable bonds is 7. The Morgan fingerprint density at radius 3 is 2.43 bits per heavy atom. The van der Waals surface area contributed by atoms with Crippen LogP contribution in [0.25, 0.3) is 0 Å². The molecule has 2 amide bonds. The predicted molar refractivity (Wildman–Crippen MR) is 80.2 cm³/mol. The standard InChI is InChI=1S/C15H28N2O4/c1-4-21-15(2,3)10-16-14(20)17-12(13(18)19)11-8-6-5-7-9-11/h11-12H,4-10H2,1-3H3,(H,18,19)(H2,16,17,20). The van der Waals surface area contributed by atoms with Crippen molar-refractivity contribution in [3.8, 4) is 0 Å². The average Bonchev–Trinajstić information content (AvgIpc) is 2.43. The minimum atomic E-state index is -0.957. The summed E-state index contributed by atoms with van der Waals surface area (Å²) in [6.07, 6.45) is 4.95. The molecule has 0 aromatic carbocycles. The number of hydrogen-bond acceptors (Lipinski definition) is 3. The van der Waals surface area contributed by atoms with E-state index in [9.17, 15) is 14.7 Å². The van der Waals surface area contributed by atoms with Crippen LogP contribution in [0.3, 0.4) is 0 Å². The fraction of sp³-hybridized carbons (Fsp3) is 0.867. The minimum Gasteiger partial charge on any atom is -0.480 e. The van der Waals surface area contributed by atoms with Crippen molar-refractivity contribution in [3.05, 3.63) is 0 Å². The Kier molecular flexibility index (Phi) is 6.95. The summed E-state index contributed by atoms with van der Waals surface area (Å²) in [6, 6.07) is -1.25. The molecular weight excluding hydrogens is 272 g/mol. The first kappa shape index (κ1) is 17.8. The molecule has 1 aliphatic carbocycles. The molecule has 0 heterocycles. The Balaban J connectivity index is 2.47. The van der Waals surface area contributed by atoms with Crippen LogP contribution in [0.2, 0.25) is 0 Å². The number of carbonyl (C=O) groups excluding carboxylic acids is 1. The first-order chi connectivity index (χ1) is 9.85. The fourth-order valence-corrected chi connectivity index (χ4v) is 2.78. The van der Waals surface area contributed by atoms with E-state index in [1.165, 1.54) is 0 Å². The van der Waals surface area contributed by atoms with Crippen LogP contribution in [0.5, 0.6) is 0 Å². The summed E-state index contributed by atoms with van der Waals surface area (Å²) in [5.74, 6) is -0.928. The molecule has 1 saturated carbocycles. The molecule has 0 bridgehead atoms. The second kappa shape index (κ2) is 8.22. The van der Waals surface area contributed by atoms with Gasteiger partial charge in [-0.2, -0.15) is 0 Å². The van der Waals surface area contributed by atoms with Crippen LogP contribution in [-0.2, 0) is 9.53 Å². The van der Waals surface area contributed by atoms with Gasteiger partial charge >= 0.3 is 12.0 Å². The Hall–Kier alpha value is -1.30. The van der Waals surface area contributed by atoms with E-state index in [0.29, 0.717) is 13.2 Å². The maximum Gasteiger partial charge on any atom is 0.326 e. The van der Waals surface area contributed by atoms with E-state index in [1.54, 1.807) is 0 Å². The number of carbonyl (C=O) groups is 2. The number of hydrogen-bond donors (Lipinski definition) is 3. The number of aliphatic carboxylic acids is 1. The highest BCUT2D eigenvalue weighted by molar-refractivity contribution is 5.82. The number of ether oxygens (including phenoxy) is 1. The van der Waals surface area contributed by atoms with Gasteiger partial charge in [-0.05, 0) is 39.5 Å². The van der Waals surface area contributed by atoms with E-state index in [-0.39, 0.29) is 5.92 Å². The zero-order valence-electron chi connectivity index (χ0n) is 13.3. The molecule has 0 saturated heterocycles. The van der Waals surface area contributed by atoms with Crippen LogP contribution in [0.1, 0.15) is 52.9 Å². The summed E-state index contributed by atoms with van der Waals surface area (Å²) < 4.78 is 5.49. The van der Waals surface area contributed by atoms with E-state index in [1.807, 2.05) is 20.8 Å². The van der Waals surface area contributed by atoms with Crippen molar-refractivity contribution in [1.29, 1.82) is 0 Å². The third-order valence-electron chi connectivity index (χ3n) is 3.88. The van der Waals surface area contributed by atoms with Crippen molar-refractivity contribution in [2.45, 2.75) is 64.5 Å². The van der Waals surface area contributed by atoms with Gasteiger partial charge in [0.1, 0.15) is 6.04 Å². The van der Waals surface area contributed by atoms with Gasteiger partial charge in [0.25, 0.3) is 0 Å². The molecule has 0 spiro atoms. The smallest absolute Gasteiger partial charge is 0.326 e. The van der Waals surface area contributed by atoms with E-state index in [4.69, 9.17) is 4.74 Å². The predicted octanol–water partition coefficient (Wildman–Crippen LogP) is 2.13. The van der Waals surface area contributed by atoms with E-state index < -0.39 is 23.6 Å². The Morgan fingerprint density at radius 1 is 1.29 bits per heavy atom. The number of amides is 2. The summed E-state index contributed by atoms with van der Waals surface area (Å²) >= 11 is 0. The Morgan fingerprint density at radius 2 is 1.90 bits per heavy atom. The number of carboxylic acids is 1. The average molecular weight is 300 g/mol. The lowest BCUT2D eigenvalue weighted by atomic mass is 9.84. The van der Waals surface area contributed by atoms with Crippen LogP contribution in [0, 0.1) is 5.92 Å². The molecule has 122 valence electrons. The fourth-order valence-electron chi connectivity index (χ4n) is 2.78. The van der Waals surface area contributed by atoms with Gasteiger partial charge in [-0.25, -0.2) is 9.59 Å². The first-order valence-corrected chi connectivity index (χ1v) is 7.77. The van der Waals surface area contributed by atoms with Gasteiger partial charge in [0.05, 0.1) is 5.60 Å². The summed E-state index contributed by atoms with van der Waals surface area (Å²) in [5, 5.41) is 14.6. The van der Waals surface area contributed by atoms with Gasteiger partial charge < -0.3 is 20.5 Å². The first-order valence-electron chi connectivity index (χ1n) is 7.77. The lowest BCUT2D eigenvalue weighted by Crippen LogP contribution is -2.52. The lowest BCUT2D eigenvalue weighted by molar-refractivity contribution is -0.141. The number of nitrogens with one attached hydrogen (secondary N) is 2. The number of urea groups is 1. The van der Waals surface area contributed by atoms with Gasteiger partial charge in [-0.3, -0.25) is 0 Å². The molecule has 1 atom stereocenters. The minimum absolute atomic E-state index is 0.0295. The van der Waals surface area contributed by atoms with Crippen LogP contribution in [0.15, 0.2) is 0 Å². The summed E-state index contributed by atoms with van der Waals surface area (Å²) in [5.41, 5.74) is -0.463. The van der Waals surface area contributed by atoms with Crippen molar-refractivity contribution in [3.63, 3.8) is 0 Å². The third-order valence-corrected chi connectivity index (χ3v) is 3.88. The zero-order valence-corrected chi connectivity index (χ0v) is 13.3. The molecule has 6 heteroatoms. The highest BCUT2D eigenvalue weighted by atomic mass is 16.5. The van der Waals surface area contributed by atoms with Gasteiger partial charge in [0, 0.05) is 13.2 Å². The van der Waals surface area contributed by atoms with Crippen molar-refractivity contribution < 1.29 is 19.4 Å². The van der Waals surface area contributed by atoms with Gasteiger partial charge in [-0.1, -0.05) is 19.3 Å². The molecule has 0 aromatic rings. The van der Waals surface area contributed by atoms with Gasteiger partial charge in [-0.15, -0.1) is 0 Å². The lowest BCUT2D eigenvalue weighted by Gasteiger charge is -2.29. The molecule has 1 rings (SSSR count). The van der Waals surface area contributed by atoms with E-state index >= 15 is 0 Å². The highest BCUT2D eigenvalue weighted by Gasteiger charge is 2.31. The maximum absolute atomic E-state index is 11.9. The normalized spacial score (nSPS) is 18.0. The van der Waals surface area contributed by atoms with Crippen LogP contribution in [-0.4, -0.2) is 41.9 Å². The molecule has 21 heavy (non-hydrogen) atoms. The summed E-state index contributed by atoms with van der Waals surface area (Å²) in [4.78, 5) is 23.3. The largest absolute Gasteiger partial charge is 0.480 e. The van der Waals surface area contributed by atoms with Crippen LogP contribution < -0.4 is 10.6 Å². The van der Waals surface area contributed by atoms with Crippen molar-refractivity contribution in [2.75, 3.05) is 13.2 Å². The highest BCUT2D eigenvalue weighted by Crippen LogP contribution is 2.26. The molecule has 1 fully saturated rings. The Bertz CT molecular complexity index is 352. The molecule has 6 nitrogen and oxygen atoms in total. The van der Waals surface area contributed by atoms with Gasteiger partial charge in [0.2, 0.25) is 0 Å². The maximum atomic E-state index is 11.9. The monoisotopic (exact) mass is 300 g/mol. The quantitative estimate of drug-likeness (QED) is 0.672. The third kappa shape index (κ3) is 6.33. The SMILES string of the molecule is CCOC(C)(C)CNC(=O)NC(C(=O)O)C1CCCCC1.